The molecule has 0 spiro atoms. The van der Waals surface area contributed by atoms with Crippen LogP contribution in [0.15, 0.2) is 10.7 Å². The Labute approximate surface area is 48.3 Å². The monoisotopic (exact) mass is 162 g/mol. The van der Waals surface area contributed by atoms with Crippen LogP contribution in [0.25, 0.3) is 0 Å². The van der Waals surface area contributed by atoms with E-state index in [1.807, 2.05) is 0 Å². The Morgan fingerprint density at radius 1 is 2.00 bits per heavy atom. The molecule has 0 aliphatic rings. The Kier molecular flexibility index (Phi) is 1.22. The molecular weight excluding hydrogens is 162 g/mol. The summed E-state index contributed by atoms with van der Waals surface area (Å²) in [6.45, 7) is 0. The molecule has 1 nitrogen and oxygen atoms in total. The smallest absolute Gasteiger partial charge is 0.120 e. The van der Waals surface area contributed by atoms with Crippen molar-refractivity contribution in [2.24, 2.45) is 0 Å². The number of aromatic nitrogens is 1. The number of halogens is 1. The predicted molar refractivity (Wildman–Crippen MR) is 28.6 cm³/mol. The first kappa shape index (κ1) is 4.27. The summed E-state index contributed by atoms with van der Waals surface area (Å²) in [5.74, 6) is 0. The van der Waals surface area contributed by atoms with Gasteiger partial charge in [-0.3, -0.25) is 0 Å². The first-order valence-electron chi connectivity index (χ1n) is 1.38. The van der Waals surface area contributed by atoms with Crippen molar-refractivity contribution >= 4 is 27.5 Å². The van der Waals surface area contributed by atoms with Gasteiger partial charge in [-0.1, -0.05) is 0 Å². The van der Waals surface area contributed by atoms with E-state index in [1.54, 1.807) is 6.07 Å². The maximum absolute atomic E-state index is 3.82. The van der Waals surface area contributed by atoms with Crippen LogP contribution in [0.1, 0.15) is 0 Å². The predicted octanol–water partition coefficient (Wildman–Crippen LogP) is 1.71. The quantitative estimate of drug-likeness (QED) is 0.567. The first-order chi connectivity index (χ1) is 2.89. The second-order valence-electron chi connectivity index (χ2n) is 0.767. The zero-order chi connectivity index (χ0) is 4.41. The lowest BCUT2D eigenvalue weighted by Crippen LogP contribution is -1.47. The van der Waals surface area contributed by atoms with Crippen molar-refractivity contribution in [3.63, 3.8) is 0 Å². The molecule has 0 saturated carbocycles. The van der Waals surface area contributed by atoms with E-state index in [4.69, 9.17) is 0 Å². The largest absolute Gasteiger partial charge is 0.185 e. The maximum atomic E-state index is 3.82. The lowest BCUT2D eigenvalue weighted by atomic mass is 10.8. The molecule has 0 aromatic carbocycles. The number of hydrogen-bond acceptors (Lipinski definition) is 2. The summed E-state index contributed by atoms with van der Waals surface area (Å²) >= 11 is 4.47. The molecule has 1 aromatic heterocycles. The van der Waals surface area contributed by atoms with Crippen LogP contribution >= 0.6 is 27.5 Å². The summed E-state index contributed by atoms with van der Waals surface area (Å²) in [7, 11) is 0. The van der Waals surface area contributed by atoms with Gasteiger partial charge < -0.3 is 0 Å². The van der Waals surface area contributed by atoms with E-state index in [-0.39, 0.29) is 0 Å². The van der Waals surface area contributed by atoms with Crippen molar-refractivity contribution in [1.82, 2.24) is 4.37 Å². The van der Waals surface area contributed by atoms with Crippen molar-refractivity contribution < 1.29 is 0 Å². The van der Waals surface area contributed by atoms with Crippen molar-refractivity contribution in [2.45, 2.75) is 0 Å². The third-order valence-electron chi connectivity index (χ3n) is 0.364. The SMILES string of the molecule is Brc1c[c]sn1. The number of rotatable bonds is 0. The molecule has 1 radical (unpaired) electrons. The molecule has 0 fully saturated rings. The highest BCUT2D eigenvalue weighted by atomic mass is 79.9. The van der Waals surface area contributed by atoms with Crippen LogP contribution in [0, 0.1) is 5.38 Å². The Morgan fingerprint density at radius 2 is 2.83 bits per heavy atom. The van der Waals surface area contributed by atoms with Crippen molar-refractivity contribution in [3.8, 4) is 0 Å². The van der Waals surface area contributed by atoms with Gasteiger partial charge in [-0.2, -0.15) is 4.37 Å². The van der Waals surface area contributed by atoms with Crippen LogP contribution in [0.5, 0.6) is 0 Å². The van der Waals surface area contributed by atoms with Gasteiger partial charge >= 0.3 is 0 Å². The molecule has 3 heteroatoms. The van der Waals surface area contributed by atoms with E-state index in [2.05, 4.69) is 25.7 Å². The molecule has 0 saturated heterocycles. The first-order valence-corrected chi connectivity index (χ1v) is 2.94. The van der Waals surface area contributed by atoms with Gasteiger partial charge in [-0.15, -0.1) is 0 Å². The minimum absolute atomic E-state index is 0.868. The van der Waals surface area contributed by atoms with Gasteiger partial charge in [0.05, 0.1) is 5.38 Å². The van der Waals surface area contributed by atoms with Gasteiger partial charge in [0.2, 0.25) is 0 Å². The molecule has 31 valence electrons. The summed E-state index contributed by atoms with van der Waals surface area (Å²) in [6, 6.07) is 1.78. The van der Waals surface area contributed by atoms with Crippen LogP contribution in [0.4, 0.5) is 0 Å². The van der Waals surface area contributed by atoms with Crippen LogP contribution in [0.3, 0.4) is 0 Å². The van der Waals surface area contributed by atoms with Gasteiger partial charge in [0, 0.05) is 0 Å². The summed E-state index contributed by atoms with van der Waals surface area (Å²) < 4.78 is 4.69. The zero-order valence-corrected chi connectivity index (χ0v) is 5.21. The summed E-state index contributed by atoms with van der Waals surface area (Å²) in [5.41, 5.74) is 0. The molecule has 0 N–H and O–H groups in total. The highest BCUT2D eigenvalue weighted by molar-refractivity contribution is 9.10. The minimum Gasteiger partial charge on any atom is -0.185 e. The average Bonchev–Trinajstić information content (AvgIpc) is 1.86. The van der Waals surface area contributed by atoms with Crippen molar-refractivity contribution in [3.05, 3.63) is 16.0 Å². The fraction of sp³-hybridized carbons (Fsp3) is 0. The van der Waals surface area contributed by atoms with Crippen LogP contribution in [0.2, 0.25) is 0 Å². The molecule has 1 aromatic rings. The summed E-state index contributed by atoms with van der Waals surface area (Å²) in [5, 5.41) is 2.81. The van der Waals surface area contributed by atoms with Gasteiger partial charge in [0.15, 0.2) is 0 Å². The molecular formula is C3HBrNS. The van der Waals surface area contributed by atoms with E-state index < -0.39 is 0 Å². The molecule has 0 bridgehead atoms. The topological polar surface area (TPSA) is 12.9 Å². The Hall–Kier alpha value is 0.110. The van der Waals surface area contributed by atoms with Gasteiger partial charge in [-0.05, 0) is 33.5 Å². The molecule has 0 aliphatic carbocycles. The van der Waals surface area contributed by atoms with Gasteiger partial charge in [-0.25, -0.2) is 0 Å². The molecule has 1 heterocycles. The highest BCUT2D eigenvalue weighted by Crippen LogP contribution is 2.04. The lowest BCUT2D eigenvalue weighted by Gasteiger charge is -1.61. The summed E-state index contributed by atoms with van der Waals surface area (Å²) in [6.07, 6.45) is 0. The third-order valence-corrected chi connectivity index (χ3v) is 1.52. The van der Waals surface area contributed by atoms with Gasteiger partial charge in [0.1, 0.15) is 4.60 Å². The van der Waals surface area contributed by atoms with E-state index in [1.165, 1.54) is 11.5 Å². The van der Waals surface area contributed by atoms with Crippen LogP contribution in [-0.4, -0.2) is 4.37 Å². The fourth-order valence-electron chi connectivity index (χ4n) is 0.171. The normalized spacial score (nSPS) is 8.83. The van der Waals surface area contributed by atoms with E-state index in [0.29, 0.717) is 0 Å². The number of nitrogens with zero attached hydrogens (tertiary/aromatic N) is 1. The van der Waals surface area contributed by atoms with Crippen LogP contribution < -0.4 is 0 Å². The second-order valence-corrected chi connectivity index (χ2v) is 2.18. The standard InChI is InChI=1S/C3HBrNS/c4-3-1-2-6-5-3/h1H. The molecule has 0 aliphatic heterocycles. The Bertz CT molecular complexity index is 114. The number of hydrogen-bond donors (Lipinski definition) is 0. The second kappa shape index (κ2) is 1.71. The fourth-order valence-corrected chi connectivity index (χ4v) is 1.01. The van der Waals surface area contributed by atoms with E-state index in [9.17, 15) is 0 Å². The van der Waals surface area contributed by atoms with Crippen molar-refractivity contribution in [1.29, 1.82) is 0 Å². The van der Waals surface area contributed by atoms with E-state index in [0.717, 1.165) is 4.60 Å². The molecule has 0 unspecified atom stereocenters. The Balaban J connectivity index is 3.05. The molecule has 0 atom stereocenters. The van der Waals surface area contributed by atoms with Crippen LogP contribution in [-0.2, 0) is 0 Å². The molecule has 1 rings (SSSR count). The summed E-state index contributed by atoms with van der Waals surface area (Å²) in [4.78, 5) is 0. The lowest BCUT2D eigenvalue weighted by molar-refractivity contribution is 1.50. The van der Waals surface area contributed by atoms with Crippen molar-refractivity contribution in [2.75, 3.05) is 0 Å². The molecule has 6 heavy (non-hydrogen) atoms. The average molecular weight is 163 g/mol. The zero-order valence-electron chi connectivity index (χ0n) is 2.81. The molecule has 0 amide bonds. The van der Waals surface area contributed by atoms with E-state index >= 15 is 0 Å². The maximum Gasteiger partial charge on any atom is 0.120 e. The highest BCUT2D eigenvalue weighted by Gasteiger charge is 1.80. The third kappa shape index (κ3) is 0.786. The van der Waals surface area contributed by atoms with Gasteiger partial charge in [0.25, 0.3) is 0 Å². The minimum atomic E-state index is 0.868. The Morgan fingerprint density at radius 3 is 3.00 bits per heavy atom.